The molecule has 0 saturated carbocycles. The Labute approximate surface area is 116 Å². The molecule has 1 atom stereocenters. The Balaban J connectivity index is 3.14. The van der Waals surface area contributed by atoms with E-state index in [1.165, 1.54) is 7.11 Å². The Bertz CT molecular complexity index is 206. The summed E-state index contributed by atoms with van der Waals surface area (Å²) in [4.78, 5) is 10.7. The third-order valence-electron chi connectivity index (χ3n) is 2.01. The predicted molar refractivity (Wildman–Crippen MR) is 71.1 cm³/mol. The molecule has 0 saturated heterocycles. The van der Waals surface area contributed by atoms with E-state index >= 15 is 0 Å². The average Bonchev–Trinajstić information content (AvgIpc) is 2.39. The van der Waals surface area contributed by atoms with Gasteiger partial charge in [-0.3, -0.25) is 4.79 Å². The highest BCUT2D eigenvalue weighted by Crippen LogP contribution is 1.99. The van der Waals surface area contributed by atoms with Gasteiger partial charge < -0.3 is 24.3 Å². The molecule has 18 heavy (non-hydrogen) atoms. The second kappa shape index (κ2) is 13.2. The summed E-state index contributed by atoms with van der Waals surface area (Å²) in [6, 6.07) is 0. The first-order valence-electron chi connectivity index (χ1n) is 5.79. The third-order valence-corrected chi connectivity index (χ3v) is 2.71. The van der Waals surface area contributed by atoms with E-state index in [4.69, 9.17) is 14.2 Å². The van der Waals surface area contributed by atoms with Crippen LogP contribution in [0.5, 0.6) is 0 Å². The molecule has 6 nitrogen and oxygen atoms in total. The van der Waals surface area contributed by atoms with Crippen molar-refractivity contribution in [3.63, 3.8) is 0 Å². The molecule has 0 heterocycles. The van der Waals surface area contributed by atoms with E-state index in [1.807, 2.05) is 0 Å². The van der Waals surface area contributed by atoms with Crippen molar-refractivity contribution in [2.75, 3.05) is 60.3 Å². The van der Waals surface area contributed by atoms with E-state index in [-0.39, 0.29) is 10.8 Å². The number of alkyl halides is 1. The number of ether oxygens (including phenoxy) is 4. The fraction of sp³-hybridized carbons (Fsp3) is 0.909. The lowest BCUT2D eigenvalue weighted by Gasteiger charge is -2.09. The van der Waals surface area contributed by atoms with E-state index in [2.05, 4.69) is 26.0 Å². The number of rotatable bonds is 12. The Kier molecular flexibility index (Phi) is 13.1. The molecule has 1 unspecified atom stereocenters. The van der Waals surface area contributed by atoms with Crippen LogP contribution in [0.4, 0.5) is 0 Å². The number of esters is 1. The fourth-order valence-corrected chi connectivity index (χ4v) is 1.46. The van der Waals surface area contributed by atoms with Crippen LogP contribution >= 0.6 is 15.9 Å². The van der Waals surface area contributed by atoms with Gasteiger partial charge in [-0.05, 0) is 0 Å². The Morgan fingerprint density at radius 3 is 2.33 bits per heavy atom. The van der Waals surface area contributed by atoms with Crippen molar-refractivity contribution in [3.05, 3.63) is 0 Å². The van der Waals surface area contributed by atoms with Crippen molar-refractivity contribution in [2.45, 2.75) is 4.83 Å². The molecule has 7 heteroatoms. The second-order valence-electron chi connectivity index (χ2n) is 3.41. The smallest absolute Gasteiger partial charge is 0.320 e. The summed E-state index contributed by atoms with van der Waals surface area (Å²) in [5, 5.41) is 3.08. The molecule has 0 spiro atoms. The molecular formula is C11H22BrNO5. The fourth-order valence-electron chi connectivity index (χ4n) is 1.05. The SMILES string of the molecule is COCCOCCOCCNCC(Br)C(=O)OC. The first-order chi connectivity index (χ1) is 8.72. The minimum Gasteiger partial charge on any atom is -0.468 e. The monoisotopic (exact) mass is 327 g/mol. The van der Waals surface area contributed by atoms with Crippen molar-refractivity contribution in [3.8, 4) is 0 Å². The summed E-state index contributed by atoms with van der Waals surface area (Å²) in [6.45, 7) is 4.07. The Morgan fingerprint density at radius 2 is 1.72 bits per heavy atom. The van der Waals surface area contributed by atoms with Crippen LogP contribution in [-0.4, -0.2) is 71.1 Å². The van der Waals surface area contributed by atoms with Gasteiger partial charge in [0.15, 0.2) is 0 Å². The molecule has 0 aliphatic heterocycles. The minimum absolute atomic E-state index is 0.282. The normalized spacial score (nSPS) is 12.4. The van der Waals surface area contributed by atoms with Crippen molar-refractivity contribution < 1.29 is 23.7 Å². The van der Waals surface area contributed by atoms with Gasteiger partial charge in [-0.25, -0.2) is 0 Å². The summed E-state index contributed by atoms with van der Waals surface area (Å²) in [6.07, 6.45) is 0. The quantitative estimate of drug-likeness (QED) is 0.313. The maximum absolute atomic E-state index is 11.0. The Morgan fingerprint density at radius 1 is 1.11 bits per heavy atom. The average molecular weight is 328 g/mol. The summed E-state index contributed by atoms with van der Waals surface area (Å²) in [5.74, 6) is -0.282. The molecule has 0 bridgehead atoms. The molecule has 0 aromatic carbocycles. The van der Waals surface area contributed by atoms with Crippen LogP contribution in [0.1, 0.15) is 0 Å². The maximum atomic E-state index is 11.0. The van der Waals surface area contributed by atoms with Crippen LogP contribution in [0.15, 0.2) is 0 Å². The van der Waals surface area contributed by atoms with E-state index in [0.29, 0.717) is 46.1 Å². The van der Waals surface area contributed by atoms with Crippen LogP contribution in [-0.2, 0) is 23.7 Å². The summed E-state index contributed by atoms with van der Waals surface area (Å²) in [7, 11) is 3.00. The number of nitrogens with one attached hydrogen (secondary N) is 1. The zero-order valence-electron chi connectivity index (χ0n) is 10.9. The molecule has 0 radical (unpaired) electrons. The molecule has 0 aromatic rings. The Hall–Kier alpha value is -0.210. The largest absolute Gasteiger partial charge is 0.468 e. The first-order valence-corrected chi connectivity index (χ1v) is 6.71. The second-order valence-corrected chi connectivity index (χ2v) is 4.52. The number of hydrogen-bond donors (Lipinski definition) is 1. The van der Waals surface area contributed by atoms with Crippen LogP contribution in [0.3, 0.4) is 0 Å². The van der Waals surface area contributed by atoms with Crippen molar-refractivity contribution in [1.29, 1.82) is 0 Å². The number of hydrogen-bond acceptors (Lipinski definition) is 6. The zero-order chi connectivity index (χ0) is 13.6. The van der Waals surface area contributed by atoms with Gasteiger partial charge in [-0.1, -0.05) is 15.9 Å². The molecule has 0 rings (SSSR count). The third kappa shape index (κ3) is 10.9. The van der Waals surface area contributed by atoms with E-state index in [9.17, 15) is 4.79 Å². The van der Waals surface area contributed by atoms with Crippen molar-refractivity contribution in [1.82, 2.24) is 5.32 Å². The van der Waals surface area contributed by atoms with Crippen LogP contribution < -0.4 is 5.32 Å². The highest BCUT2D eigenvalue weighted by Gasteiger charge is 2.13. The van der Waals surface area contributed by atoms with Crippen LogP contribution in [0.25, 0.3) is 0 Å². The highest BCUT2D eigenvalue weighted by atomic mass is 79.9. The van der Waals surface area contributed by atoms with E-state index in [0.717, 1.165) is 0 Å². The van der Waals surface area contributed by atoms with Gasteiger partial charge >= 0.3 is 5.97 Å². The standard InChI is InChI=1S/C11H22BrNO5/c1-15-5-6-18-8-7-17-4-3-13-9-10(12)11(14)16-2/h10,13H,3-9H2,1-2H3. The van der Waals surface area contributed by atoms with Gasteiger partial charge in [0.1, 0.15) is 4.83 Å². The number of methoxy groups -OCH3 is 2. The molecule has 0 aromatic heterocycles. The summed E-state index contributed by atoms with van der Waals surface area (Å²) >= 11 is 3.21. The van der Waals surface area contributed by atoms with Crippen LogP contribution in [0, 0.1) is 0 Å². The summed E-state index contributed by atoms with van der Waals surface area (Å²) in [5.41, 5.74) is 0. The lowest BCUT2D eigenvalue weighted by Crippen LogP contribution is -2.31. The van der Waals surface area contributed by atoms with Gasteiger partial charge in [0.05, 0.1) is 40.1 Å². The molecule has 0 amide bonds. The van der Waals surface area contributed by atoms with Gasteiger partial charge in [-0.15, -0.1) is 0 Å². The molecular weight excluding hydrogens is 306 g/mol. The van der Waals surface area contributed by atoms with Gasteiger partial charge in [0.25, 0.3) is 0 Å². The minimum atomic E-state index is -0.320. The van der Waals surface area contributed by atoms with Crippen LogP contribution in [0.2, 0.25) is 0 Å². The van der Waals surface area contributed by atoms with Crippen molar-refractivity contribution >= 4 is 21.9 Å². The zero-order valence-corrected chi connectivity index (χ0v) is 12.5. The number of carbonyl (C=O) groups is 1. The number of carbonyl (C=O) groups excluding carboxylic acids is 1. The topological polar surface area (TPSA) is 66.0 Å². The highest BCUT2D eigenvalue weighted by molar-refractivity contribution is 9.10. The summed E-state index contributed by atoms with van der Waals surface area (Å²) < 4.78 is 20.0. The molecule has 1 N–H and O–H groups in total. The molecule has 0 aliphatic rings. The lowest BCUT2D eigenvalue weighted by atomic mass is 10.4. The first kappa shape index (κ1) is 17.8. The van der Waals surface area contributed by atoms with Gasteiger partial charge in [0.2, 0.25) is 0 Å². The van der Waals surface area contributed by atoms with Gasteiger partial charge in [-0.2, -0.15) is 0 Å². The van der Waals surface area contributed by atoms with Crippen molar-refractivity contribution in [2.24, 2.45) is 0 Å². The van der Waals surface area contributed by atoms with E-state index < -0.39 is 0 Å². The predicted octanol–water partition coefficient (Wildman–Crippen LogP) is 0.192. The lowest BCUT2D eigenvalue weighted by molar-refractivity contribution is -0.139. The molecule has 0 aliphatic carbocycles. The number of halogens is 1. The van der Waals surface area contributed by atoms with Gasteiger partial charge in [0, 0.05) is 20.2 Å². The van der Waals surface area contributed by atoms with E-state index in [1.54, 1.807) is 7.11 Å². The maximum Gasteiger partial charge on any atom is 0.320 e. The molecule has 108 valence electrons. The molecule has 0 fully saturated rings.